The standard InChI is InChI=1S/C15H21N3O2/c1-19-9-4-7-14-17-13-6-2-8-16-15(13)18(14)11-12-5-3-10-20-12/h2,6,8,12H,3-5,7,9-11H2,1H3. The molecule has 2 aromatic rings. The molecule has 0 radical (unpaired) electrons. The number of hydrogen-bond donors (Lipinski definition) is 0. The zero-order valence-electron chi connectivity index (χ0n) is 11.9. The molecule has 3 heterocycles. The molecule has 1 saturated heterocycles. The molecule has 1 aliphatic rings. The number of nitrogens with zero attached hydrogens (tertiary/aromatic N) is 3. The number of imidazole rings is 1. The largest absolute Gasteiger partial charge is 0.385 e. The second-order valence-electron chi connectivity index (χ2n) is 5.22. The molecule has 0 aliphatic carbocycles. The minimum Gasteiger partial charge on any atom is -0.385 e. The van der Waals surface area contributed by atoms with Gasteiger partial charge in [0.05, 0.1) is 12.6 Å². The summed E-state index contributed by atoms with van der Waals surface area (Å²) in [6.07, 6.45) is 6.31. The van der Waals surface area contributed by atoms with E-state index in [1.165, 1.54) is 0 Å². The SMILES string of the molecule is COCCCc1nc2cccnc2n1CC1CCCO1. The zero-order valence-corrected chi connectivity index (χ0v) is 11.9. The summed E-state index contributed by atoms with van der Waals surface area (Å²) < 4.78 is 13.1. The lowest BCUT2D eigenvalue weighted by molar-refractivity contribution is 0.0969. The van der Waals surface area contributed by atoms with E-state index in [4.69, 9.17) is 14.5 Å². The molecule has 0 amide bonds. The van der Waals surface area contributed by atoms with E-state index in [1.54, 1.807) is 7.11 Å². The van der Waals surface area contributed by atoms with Gasteiger partial charge in [-0.25, -0.2) is 9.97 Å². The molecular weight excluding hydrogens is 254 g/mol. The van der Waals surface area contributed by atoms with E-state index in [0.29, 0.717) is 6.10 Å². The first kappa shape index (κ1) is 13.5. The number of ether oxygens (including phenoxy) is 2. The third-order valence-corrected chi connectivity index (χ3v) is 3.74. The van der Waals surface area contributed by atoms with Crippen molar-refractivity contribution in [2.75, 3.05) is 20.3 Å². The van der Waals surface area contributed by atoms with Crippen LogP contribution < -0.4 is 0 Å². The lowest BCUT2D eigenvalue weighted by Gasteiger charge is -2.13. The Morgan fingerprint density at radius 1 is 1.50 bits per heavy atom. The summed E-state index contributed by atoms with van der Waals surface area (Å²) in [5.41, 5.74) is 1.94. The number of aryl methyl sites for hydroxylation is 1. The Bertz CT molecular complexity index is 561. The third-order valence-electron chi connectivity index (χ3n) is 3.74. The van der Waals surface area contributed by atoms with Crippen molar-refractivity contribution in [1.29, 1.82) is 0 Å². The second kappa shape index (κ2) is 6.33. The molecule has 0 aromatic carbocycles. The molecule has 1 unspecified atom stereocenters. The number of fused-ring (bicyclic) bond motifs is 1. The first-order valence-electron chi connectivity index (χ1n) is 7.29. The van der Waals surface area contributed by atoms with Gasteiger partial charge >= 0.3 is 0 Å². The fourth-order valence-corrected chi connectivity index (χ4v) is 2.75. The minimum atomic E-state index is 0.301. The van der Waals surface area contributed by atoms with E-state index < -0.39 is 0 Å². The Hall–Kier alpha value is -1.46. The average molecular weight is 275 g/mol. The van der Waals surface area contributed by atoms with Crippen molar-refractivity contribution in [1.82, 2.24) is 14.5 Å². The lowest BCUT2D eigenvalue weighted by atomic mass is 10.2. The van der Waals surface area contributed by atoms with Gasteiger partial charge in [-0.05, 0) is 31.4 Å². The van der Waals surface area contributed by atoms with E-state index in [-0.39, 0.29) is 0 Å². The predicted molar refractivity (Wildman–Crippen MR) is 76.7 cm³/mol. The van der Waals surface area contributed by atoms with Gasteiger partial charge in [0, 0.05) is 32.9 Å². The first-order valence-corrected chi connectivity index (χ1v) is 7.29. The molecule has 20 heavy (non-hydrogen) atoms. The van der Waals surface area contributed by atoms with Crippen LogP contribution in [0.2, 0.25) is 0 Å². The van der Waals surface area contributed by atoms with Gasteiger partial charge in [0.15, 0.2) is 5.65 Å². The van der Waals surface area contributed by atoms with Crippen LogP contribution in [0, 0.1) is 0 Å². The Labute approximate surface area is 118 Å². The maximum Gasteiger partial charge on any atom is 0.160 e. The van der Waals surface area contributed by atoms with Gasteiger partial charge in [0.1, 0.15) is 11.3 Å². The molecule has 0 bridgehead atoms. The Morgan fingerprint density at radius 3 is 3.25 bits per heavy atom. The Balaban J connectivity index is 1.86. The molecule has 1 fully saturated rings. The van der Waals surface area contributed by atoms with Crippen molar-refractivity contribution >= 4 is 11.2 Å². The third kappa shape index (κ3) is 2.83. The van der Waals surface area contributed by atoms with Crippen LogP contribution in [-0.4, -0.2) is 41.0 Å². The summed E-state index contributed by atoms with van der Waals surface area (Å²) in [7, 11) is 1.73. The first-order chi connectivity index (χ1) is 9.88. The van der Waals surface area contributed by atoms with Crippen molar-refractivity contribution in [3.8, 4) is 0 Å². The van der Waals surface area contributed by atoms with Crippen LogP contribution in [-0.2, 0) is 22.4 Å². The topological polar surface area (TPSA) is 49.2 Å². The van der Waals surface area contributed by atoms with E-state index >= 15 is 0 Å². The van der Waals surface area contributed by atoms with Crippen LogP contribution >= 0.6 is 0 Å². The molecule has 5 heteroatoms. The summed E-state index contributed by atoms with van der Waals surface area (Å²) in [5.74, 6) is 1.09. The summed E-state index contributed by atoms with van der Waals surface area (Å²) in [4.78, 5) is 9.20. The van der Waals surface area contributed by atoms with E-state index in [1.807, 2.05) is 18.3 Å². The predicted octanol–water partition coefficient (Wildman–Crippen LogP) is 2.19. The fourth-order valence-electron chi connectivity index (χ4n) is 2.75. The second-order valence-corrected chi connectivity index (χ2v) is 5.22. The molecule has 3 rings (SSSR count). The monoisotopic (exact) mass is 275 g/mol. The van der Waals surface area contributed by atoms with E-state index in [2.05, 4.69) is 9.55 Å². The molecule has 1 atom stereocenters. The summed E-state index contributed by atoms with van der Waals surface area (Å²) in [6.45, 7) is 2.50. The van der Waals surface area contributed by atoms with Gasteiger partial charge in [-0.15, -0.1) is 0 Å². The van der Waals surface area contributed by atoms with Gasteiger partial charge in [0.2, 0.25) is 0 Å². The summed E-state index contributed by atoms with van der Waals surface area (Å²) in [5, 5.41) is 0. The molecule has 1 aliphatic heterocycles. The smallest absolute Gasteiger partial charge is 0.160 e. The van der Waals surface area contributed by atoms with Gasteiger partial charge in [-0.3, -0.25) is 0 Å². The molecule has 0 spiro atoms. The van der Waals surface area contributed by atoms with E-state index in [0.717, 1.165) is 62.4 Å². The van der Waals surface area contributed by atoms with Crippen LogP contribution in [0.25, 0.3) is 11.2 Å². The molecule has 5 nitrogen and oxygen atoms in total. The normalized spacial score (nSPS) is 18.9. The lowest BCUT2D eigenvalue weighted by Crippen LogP contribution is -2.17. The minimum absolute atomic E-state index is 0.301. The maximum atomic E-state index is 5.75. The number of hydrogen-bond acceptors (Lipinski definition) is 4. The highest BCUT2D eigenvalue weighted by Crippen LogP contribution is 2.20. The number of rotatable bonds is 6. The number of methoxy groups -OCH3 is 1. The van der Waals surface area contributed by atoms with Gasteiger partial charge in [0.25, 0.3) is 0 Å². The molecule has 0 N–H and O–H groups in total. The van der Waals surface area contributed by atoms with Gasteiger partial charge < -0.3 is 14.0 Å². The van der Waals surface area contributed by atoms with Gasteiger partial charge in [-0.2, -0.15) is 0 Å². The van der Waals surface area contributed by atoms with Gasteiger partial charge in [-0.1, -0.05) is 0 Å². The highest BCUT2D eigenvalue weighted by atomic mass is 16.5. The van der Waals surface area contributed by atoms with Crippen molar-refractivity contribution in [3.05, 3.63) is 24.2 Å². The maximum absolute atomic E-state index is 5.75. The van der Waals surface area contributed by atoms with Crippen LogP contribution in [0.3, 0.4) is 0 Å². The summed E-state index contributed by atoms with van der Waals surface area (Å²) in [6, 6.07) is 3.96. The van der Waals surface area contributed by atoms with Crippen molar-refractivity contribution < 1.29 is 9.47 Å². The number of pyridine rings is 1. The molecule has 0 saturated carbocycles. The number of aromatic nitrogens is 3. The van der Waals surface area contributed by atoms with Crippen LogP contribution in [0.15, 0.2) is 18.3 Å². The Kier molecular flexibility index (Phi) is 4.28. The highest BCUT2D eigenvalue weighted by Gasteiger charge is 2.20. The highest BCUT2D eigenvalue weighted by molar-refractivity contribution is 5.71. The quantitative estimate of drug-likeness (QED) is 0.758. The zero-order chi connectivity index (χ0) is 13.8. The summed E-state index contributed by atoms with van der Waals surface area (Å²) >= 11 is 0. The van der Waals surface area contributed by atoms with Crippen LogP contribution in [0.4, 0.5) is 0 Å². The van der Waals surface area contributed by atoms with Crippen LogP contribution in [0.5, 0.6) is 0 Å². The van der Waals surface area contributed by atoms with E-state index in [9.17, 15) is 0 Å². The molecule has 2 aromatic heterocycles. The fraction of sp³-hybridized carbons (Fsp3) is 0.600. The molecule has 108 valence electrons. The molecular formula is C15H21N3O2. The average Bonchev–Trinajstić information content (AvgIpc) is 3.09. The van der Waals surface area contributed by atoms with Crippen molar-refractivity contribution in [2.45, 2.75) is 38.3 Å². The van der Waals surface area contributed by atoms with Crippen LogP contribution in [0.1, 0.15) is 25.1 Å². The van der Waals surface area contributed by atoms with Crippen molar-refractivity contribution in [2.24, 2.45) is 0 Å². The van der Waals surface area contributed by atoms with Crippen molar-refractivity contribution in [3.63, 3.8) is 0 Å². The Morgan fingerprint density at radius 2 is 2.45 bits per heavy atom.